The molecule has 1 N–H and O–H groups in total. The topological polar surface area (TPSA) is 12.0 Å². The highest BCUT2D eigenvalue weighted by atomic mass is 14.9. The summed E-state index contributed by atoms with van der Waals surface area (Å²) in [6, 6.07) is 0.731. The Labute approximate surface area is 90.7 Å². The van der Waals surface area contributed by atoms with E-state index in [0.29, 0.717) is 0 Å². The Morgan fingerprint density at radius 1 is 1.00 bits per heavy atom. The summed E-state index contributed by atoms with van der Waals surface area (Å²) in [6.07, 6.45) is 5.28. The minimum absolute atomic E-state index is 0.731. The first kappa shape index (κ1) is 14.0. The Kier molecular flexibility index (Phi) is 8.26. The summed E-state index contributed by atoms with van der Waals surface area (Å²) in [4.78, 5) is 0. The molecule has 0 rings (SSSR count). The van der Waals surface area contributed by atoms with Gasteiger partial charge in [0, 0.05) is 6.04 Å². The van der Waals surface area contributed by atoms with Gasteiger partial charge in [-0.1, -0.05) is 53.9 Å². The lowest BCUT2D eigenvalue weighted by Gasteiger charge is -2.31. The van der Waals surface area contributed by atoms with Crippen LogP contribution in [0.4, 0.5) is 0 Å². The molecule has 0 spiro atoms. The van der Waals surface area contributed by atoms with Crippen molar-refractivity contribution in [3.8, 4) is 0 Å². The largest absolute Gasteiger partial charge is 0.314 e. The van der Waals surface area contributed by atoms with E-state index in [2.05, 4.69) is 39.9 Å². The maximum absolute atomic E-state index is 3.67. The maximum Gasteiger partial charge on any atom is 0.0121 e. The standard InChI is InChI=1S/C13H29N/c1-6-10-11(5)13(14-9-4)12(7-2)8-3/h11-14H,6-10H2,1-5H3. The average Bonchev–Trinajstić information content (AvgIpc) is 2.18. The highest BCUT2D eigenvalue weighted by Gasteiger charge is 2.22. The van der Waals surface area contributed by atoms with E-state index in [0.717, 1.165) is 24.4 Å². The highest BCUT2D eigenvalue weighted by molar-refractivity contribution is 4.79. The lowest BCUT2D eigenvalue weighted by molar-refractivity contribution is 0.249. The molecule has 2 unspecified atom stereocenters. The van der Waals surface area contributed by atoms with E-state index in [1.54, 1.807) is 0 Å². The predicted molar refractivity (Wildman–Crippen MR) is 65.6 cm³/mol. The van der Waals surface area contributed by atoms with Crippen LogP contribution >= 0.6 is 0 Å². The molecular formula is C13H29N. The third-order valence-electron chi connectivity index (χ3n) is 3.35. The van der Waals surface area contributed by atoms with E-state index in [1.165, 1.54) is 25.7 Å². The molecule has 0 bridgehead atoms. The minimum atomic E-state index is 0.731. The SMILES string of the molecule is CCCC(C)C(NCC)C(CC)CC. The van der Waals surface area contributed by atoms with Crippen LogP contribution in [0.3, 0.4) is 0 Å². The van der Waals surface area contributed by atoms with Crippen molar-refractivity contribution in [1.29, 1.82) is 0 Å². The van der Waals surface area contributed by atoms with Crippen LogP contribution in [-0.4, -0.2) is 12.6 Å². The molecule has 0 saturated carbocycles. The van der Waals surface area contributed by atoms with Crippen molar-refractivity contribution in [1.82, 2.24) is 5.32 Å². The van der Waals surface area contributed by atoms with Gasteiger partial charge < -0.3 is 5.32 Å². The van der Waals surface area contributed by atoms with E-state index >= 15 is 0 Å². The molecule has 0 aliphatic carbocycles. The molecule has 0 amide bonds. The number of hydrogen-bond donors (Lipinski definition) is 1. The molecule has 1 heteroatoms. The lowest BCUT2D eigenvalue weighted by atomic mass is 9.83. The Morgan fingerprint density at radius 2 is 1.57 bits per heavy atom. The smallest absolute Gasteiger partial charge is 0.0121 e. The summed E-state index contributed by atoms with van der Waals surface area (Å²) in [5.41, 5.74) is 0. The Morgan fingerprint density at radius 3 is 1.93 bits per heavy atom. The molecule has 14 heavy (non-hydrogen) atoms. The van der Waals surface area contributed by atoms with Gasteiger partial charge in [0.1, 0.15) is 0 Å². The number of nitrogens with one attached hydrogen (secondary N) is 1. The summed E-state index contributed by atoms with van der Waals surface area (Å²) >= 11 is 0. The fourth-order valence-corrected chi connectivity index (χ4v) is 2.50. The van der Waals surface area contributed by atoms with Crippen LogP contribution in [0.1, 0.15) is 60.3 Å². The summed E-state index contributed by atoms with van der Waals surface area (Å²) < 4.78 is 0. The first-order valence-corrected chi connectivity index (χ1v) is 6.44. The van der Waals surface area contributed by atoms with Crippen molar-refractivity contribution >= 4 is 0 Å². The van der Waals surface area contributed by atoms with Gasteiger partial charge in [-0.15, -0.1) is 0 Å². The molecular weight excluding hydrogens is 170 g/mol. The van der Waals surface area contributed by atoms with Crippen LogP contribution in [0.2, 0.25) is 0 Å². The zero-order valence-electron chi connectivity index (χ0n) is 10.8. The van der Waals surface area contributed by atoms with Crippen LogP contribution in [0.25, 0.3) is 0 Å². The van der Waals surface area contributed by atoms with Gasteiger partial charge in [-0.05, 0) is 24.8 Å². The second-order valence-electron chi connectivity index (χ2n) is 4.43. The molecule has 0 heterocycles. The van der Waals surface area contributed by atoms with Crippen molar-refractivity contribution in [3.63, 3.8) is 0 Å². The predicted octanol–water partition coefficient (Wildman–Crippen LogP) is 3.84. The van der Waals surface area contributed by atoms with E-state index in [9.17, 15) is 0 Å². The van der Waals surface area contributed by atoms with Gasteiger partial charge in [-0.3, -0.25) is 0 Å². The van der Waals surface area contributed by atoms with Crippen molar-refractivity contribution in [3.05, 3.63) is 0 Å². The fraction of sp³-hybridized carbons (Fsp3) is 1.00. The van der Waals surface area contributed by atoms with E-state index < -0.39 is 0 Å². The summed E-state index contributed by atoms with van der Waals surface area (Å²) in [5.74, 6) is 1.68. The maximum atomic E-state index is 3.67. The second kappa shape index (κ2) is 8.28. The van der Waals surface area contributed by atoms with Crippen LogP contribution < -0.4 is 5.32 Å². The first-order chi connectivity index (χ1) is 6.71. The average molecular weight is 199 g/mol. The minimum Gasteiger partial charge on any atom is -0.314 e. The van der Waals surface area contributed by atoms with Gasteiger partial charge in [0.25, 0.3) is 0 Å². The van der Waals surface area contributed by atoms with Gasteiger partial charge in [-0.25, -0.2) is 0 Å². The Balaban J connectivity index is 4.23. The highest BCUT2D eigenvalue weighted by Crippen LogP contribution is 2.22. The number of rotatable bonds is 8. The lowest BCUT2D eigenvalue weighted by Crippen LogP contribution is -2.41. The molecule has 2 atom stereocenters. The monoisotopic (exact) mass is 199 g/mol. The zero-order chi connectivity index (χ0) is 11.0. The van der Waals surface area contributed by atoms with E-state index in [4.69, 9.17) is 0 Å². The molecule has 0 fully saturated rings. The molecule has 0 aliphatic heterocycles. The van der Waals surface area contributed by atoms with Crippen LogP contribution in [0.15, 0.2) is 0 Å². The van der Waals surface area contributed by atoms with E-state index in [1.807, 2.05) is 0 Å². The van der Waals surface area contributed by atoms with Gasteiger partial charge in [0.2, 0.25) is 0 Å². The molecule has 0 aliphatic rings. The first-order valence-electron chi connectivity index (χ1n) is 6.44. The van der Waals surface area contributed by atoms with Gasteiger partial charge in [-0.2, -0.15) is 0 Å². The van der Waals surface area contributed by atoms with Gasteiger partial charge in [0.15, 0.2) is 0 Å². The van der Waals surface area contributed by atoms with Crippen LogP contribution in [0.5, 0.6) is 0 Å². The molecule has 0 radical (unpaired) electrons. The molecule has 86 valence electrons. The molecule has 0 aromatic heterocycles. The van der Waals surface area contributed by atoms with Crippen LogP contribution in [-0.2, 0) is 0 Å². The van der Waals surface area contributed by atoms with Crippen molar-refractivity contribution < 1.29 is 0 Å². The molecule has 1 nitrogen and oxygen atoms in total. The third-order valence-corrected chi connectivity index (χ3v) is 3.35. The Bertz CT molecular complexity index is 118. The Hall–Kier alpha value is -0.0400. The zero-order valence-corrected chi connectivity index (χ0v) is 10.8. The van der Waals surface area contributed by atoms with Crippen molar-refractivity contribution in [2.24, 2.45) is 11.8 Å². The normalized spacial score (nSPS) is 15.9. The molecule has 0 aromatic carbocycles. The van der Waals surface area contributed by atoms with Crippen molar-refractivity contribution in [2.45, 2.75) is 66.3 Å². The molecule has 0 saturated heterocycles. The van der Waals surface area contributed by atoms with Gasteiger partial charge >= 0.3 is 0 Å². The molecule has 0 aromatic rings. The van der Waals surface area contributed by atoms with Crippen molar-refractivity contribution in [2.75, 3.05) is 6.54 Å². The van der Waals surface area contributed by atoms with Crippen LogP contribution in [0, 0.1) is 11.8 Å². The summed E-state index contributed by atoms with van der Waals surface area (Å²) in [6.45, 7) is 12.6. The van der Waals surface area contributed by atoms with Gasteiger partial charge in [0.05, 0.1) is 0 Å². The second-order valence-corrected chi connectivity index (χ2v) is 4.43. The quantitative estimate of drug-likeness (QED) is 0.626. The summed E-state index contributed by atoms with van der Waals surface area (Å²) in [5, 5.41) is 3.67. The van der Waals surface area contributed by atoms with E-state index in [-0.39, 0.29) is 0 Å². The third kappa shape index (κ3) is 4.45. The fourth-order valence-electron chi connectivity index (χ4n) is 2.50. The number of hydrogen-bond acceptors (Lipinski definition) is 1. The summed E-state index contributed by atoms with van der Waals surface area (Å²) in [7, 11) is 0.